The molecule has 0 spiro atoms. The lowest BCUT2D eigenvalue weighted by atomic mass is 10.1. The van der Waals surface area contributed by atoms with E-state index in [-0.39, 0.29) is 0 Å². The first-order valence-electron chi connectivity index (χ1n) is 5.90. The quantitative estimate of drug-likeness (QED) is 0.835. The van der Waals surface area contributed by atoms with Gasteiger partial charge in [-0.1, -0.05) is 18.2 Å². The van der Waals surface area contributed by atoms with Gasteiger partial charge in [0.1, 0.15) is 11.3 Å². The first-order chi connectivity index (χ1) is 8.33. The Labute approximate surface area is 106 Å². The van der Waals surface area contributed by atoms with Crippen LogP contribution in [-0.4, -0.2) is 17.3 Å². The van der Waals surface area contributed by atoms with Crippen LogP contribution in [0.1, 0.15) is 12.8 Å². The predicted molar refractivity (Wildman–Crippen MR) is 72.8 cm³/mol. The largest absolute Gasteiger partial charge is 0.491 e. The highest BCUT2D eigenvalue weighted by Crippen LogP contribution is 2.46. The van der Waals surface area contributed by atoms with Crippen LogP contribution in [-0.2, 0) is 0 Å². The summed E-state index contributed by atoms with van der Waals surface area (Å²) in [4.78, 5) is 4.38. The van der Waals surface area contributed by atoms with Crippen molar-refractivity contribution in [3.05, 3.63) is 36.5 Å². The summed E-state index contributed by atoms with van der Waals surface area (Å²) < 4.78 is 5.93. The van der Waals surface area contributed by atoms with Crippen molar-refractivity contribution >= 4 is 23.5 Å². The van der Waals surface area contributed by atoms with Gasteiger partial charge < -0.3 is 4.74 Å². The summed E-state index contributed by atoms with van der Waals surface area (Å²) in [6, 6.07) is 10.1. The molecule has 0 atom stereocenters. The van der Waals surface area contributed by atoms with E-state index in [0.29, 0.717) is 5.41 Å². The third kappa shape index (κ3) is 2.12. The van der Waals surface area contributed by atoms with Crippen LogP contribution in [0.4, 0.5) is 0 Å². The molecule has 88 valence electrons. The second-order valence-electron chi connectivity index (χ2n) is 4.78. The highest BCUT2D eigenvalue weighted by molar-refractivity contribution is 7.80. The number of aromatic nitrogens is 1. The van der Waals surface area contributed by atoms with E-state index in [4.69, 9.17) is 4.74 Å². The van der Waals surface area contributed by atoms with Gasteiger partial charge in [-0.25, -0.2) is 0 Å². The zero-order valence-electron chi connectivity index (χ0n) is 9.60. The lowest BCUT2D eigenvalue weighted by Gasteiger charge is -2.14. The van der Waals surface area contributed by atoms with Crippen molar-refractivity contribution in [3.63, 3.8) is 0 Å². The first kappa shape index (κ1) is 10.9. The Morgan fingerprint density at radius 3 is 2.82 bits per heavy atom. The molecule has 0 amide bonds. The minimum Gasteiger partial charge on any atom is -0.491 e. The highest BCUT2D eigenvalue weighted by Gasteiger charge is 2.42. The molecule has 1 fully saturated rings. The molecular weight excluding hydrogens is 230 g/mol. The second kappa shape index (κ2) is 4.22. The molecule has 0 aliphatic heterocycles. The lowest BCUT2D eigenvalue weighted by Crippen LogP contribution is -2.14. The third-order valence-electron chi connectivity index (χ3n) is 3.42. The van der Waals surface area contributed by atoms with Crippen molar-refractivity contribution in [2.75, 3.05) is 12.4 Å². The van der Waals surface area contributed by atoms with Crippen molar-refractivity contribution < 1.29 is 4.74 Å². The summed E-state index contributed by atoms with van der Waals surface area (Å²) in [5, 5.41) is 1.13. The molecule has 0 N–H and O–H groups in total. The zero-order chi connectivity index (χ0) is 11.7. The van der Waals surface area contributed by atoms with Gasteiger partial charge in [0.2, 0.25) is 0 Å². The summed E-state index contributed by atoms with van der Waals surface area (Å²) in [5.41, 5.74) is 1.27. The van der Waals surface area contributed by atoms with Gasteiger partial charge in [-0.05, 0) is 30.7 Å². The predicted octanol–water partition coefficient (Wildman–Crippen LogP) is 3.32. The number of nitrogens with zero attached hydrogens (tertiary/aromatic N) is 1. The van der Waals surface area contributed by atoms with Gasteiger partial charge in [0.25, 0.3) is 0 Å². The van der Waals surface area contributed by atoms with Gasteiger partial charge in [-0.3, -0.25) is 4.98 Å². The van der Waals surface area contributed by atoms with E-state index < -0.39 is 0 Å². The molecule has 1 aromatic heterocycles. The van der Waals surface area contributed by atoms with Crippen molar-refractivity contribution in [2.45, 2.75) is 12.8 Å². The minimum absolute atomic E-state index is 0.320. The van der Waals surface area contributed by atoms with Gasteiger partial charge >= 0.3 is 0 Å². The zero-order valence-corrected chi connectivity index (χ0v) is 10.5. The topological polar surface area (TPSA) is 22.1 Å². The highest BCUT2D eigenvalue weighted by atomic mass is 32.1. The number of rotatable bonds is 4. The number of fused-ring (bicyclic) bond motifs is 1. The Hall–Kier alpha value is -1.22. The molecule has 1 aliphatic carbocycles. The Bertz CT molecular complexity index is 531. The Kier molecular flexibility index (Phi) is 2.71. The summed E-state index contributed by atoms with van der Waals surface area (Å²) in [6.07, 6.45) is 4.27. The van der Waals surface area contributed by atoms with Crippen molar-refractivity contribution in [3.8, 4) is 5.75 Å². The maximum atomic E-state index is 5.93. The van der Waals surface area contributed by atoms with E-state index in [0.717, 1.165) is 29.0 Å². The molecule has 1 saturated carbocycles. The fraction of sp³-hybridized carbons (Fsp3) is 0.357. The number of ether oxygens (including phenoxy) is 1. The van der Waals surface area contributed by atoms with Crippen molar-refractivity contribution in [2.24, 2.45) is 5.41 Å². The molecule has 1 aromatic carbocycles. The molecule has 0 saturated heterocycles. The maximum absolute atomic E-state index is 5.93. The van der Waals surface area contributed by atoms with Crippen molar-refractivity contribution in [1.29, 1.82) is 0 Å². The molecule has 17 heavy (non-hydrogen) atoms. The van der Waals surface area contributed by atoms with Gasteiger partial charge in [0.15, 0.2) is 0 Å². The molecule has 2 nitrogen and oxygen atoms in total. The molecular formula is C14H15NOS. The van der Waals surface area contributed by atoms with Crippen LogP contribution in [0.5, 0.6) is 5.75 Å². The van der Waals surface area contributed by atoms with E-state index >= 15 is 0 Å². The van der Waals surface area contributed by atoms with Crippen molar-refractivity contribution in [1.82, 2.24) is 4.98 Å². The number of hydrogen-bond acceptors (Lipinski definition) is 3. The Morgan fingerprint density at radius 2 is 2.06 bits per heavy atom. The van der Waals surface area contributed by atoms with E-state index in [1.165, 1.54) is 12.8 Å². The van der Waals surface area contributed by atoms with Gasteiger partial charge in [0.05, 0.1) is 6.61 Å². The van der Waals surface area contributed by atoms with Crippen LogP contribution in [0.2, 0.25) is 0 Å². The van der Waals surface area contributed by atoms with E-state index in [1.54, 1.807) is 6.20 Å². The normalized spacial score (nSPS) is 17.0. The molecule has 3 heteroatoms. The smallest absolute Gasteiger partial charge is 0.145 e. The van der Waals surface area contributed by atoms with Crippen LogP contribution < -0.4 is 4.74 Å². The minimum atomic E-state index is 0.320. The van der Waals surface area contributed by atoms with Crippen LogP contribution in [0.15, 0.2) is 36.5 Å². The first-order valence-corrected chi connectivity index (χ1v) is 6.54. The molecule has 0 radical (unpaired) electrons. The average molecular weight is 245 g/mol. The summed E-state index contributed by atoms with van der Waals surface area (Å²) in [5.74, 6) is 1.79. The Morgan fingerprint density at radius 1 is 1.24 bits per heavy atom. The molecule has 1 aliphatic rings. The monoisotopic (exact) mass is 245 g/mol. The van der Waals surface area contributed by atoms with Gasteiger partial charge in [-0.2, -0.15) is 12.6 Å². The number of benzene rings is 1. The molecule has 1 heterocycles. The number of hydrogen-bond donors (Lipinski definition) is 1. The second-order valence-corrected chi connectivity index (χ2v) is 5.09. The summed E-state index contributed by atoms with van der Waals surface area (Å²) >= 11 is 4.39. The van der Waals surface area contributed by atoms with E-state index in [2.05, 4.69) is 29.7 Å². The average Bonchev–Trinajstić information content (AvgIpc) is 3.17. The standard InChI is InChI=1S/C14H15NOS/c17-10-14(6-7-14)9-16-12-5-1-3-11-4-2-8-15-13(11)12/h1-5,8,17H,6-7,9-10H2. The van der Waals surface area contributed by atoms with Gasteiger partial charge in [-0.15, -0.1) is 0 Å². The molecule has 2 aromatic rings. The number of pyridine rings is 1. The summed E-state index contributed by atoms with van der Waals surface area (Å²) in [6.45, 7) is 0.756. The SMILES string of the molecule is SCC1(COc2cccc3cccnc23)CC1. The van der Waals surface area contributed by atoms with Crippen LogP contribution in [0.3, 0.4) is 0 Å². The van der Waals surface area contributed by atoms with Crippen LogP contribution >= 0.6 is 12.6 Å². The Balaban J connectivity index is 1.85. The number of para-hydroxylation sites is 1. The fourth-order valence-electron chi connectivity index (χ4n) is 1.95. The molecule has 3 rings (SSSR count). The van der Waals surface area contributed by atoms with E-state index in [9.17, 15) is 0 Å². The third-order valence-corrected chi connectivity index (χ3v) is 4.09. The maximum Gasteiger partial charge on any atom is 0.145 e. The molecule has 0 unspecified atom stereocenters. The van der Waals surface area contributed by atoms with Crippen LogP contribution in [0.25, 0.3) is 10.9 Å². The number of thiol groups is 1. The molecule has 0 bridgehead atoms. The van der Waals surface area contributed by atoms with E-state index in [1.807, 2.05) is 18.2 Å². The lowest BCUT2D eigenvalue weighted by molar-refractivity contribution is 0.253. The summed E-state index contributed by atoms with van der Waals surface area (Å²) in [7, 11) is 0. The van der Waals surface area contributed by atoms with Gasteiger partial charge in [0, 0.05) is 17.0 Å². The van der Waals surface area contributed by atoms with Crippen LogP contribution in [0, 0.1) is 5.41 Å². The fourth-order valence-corrected chi connectivity index (χ4v) is 2.36.